The minimum absolute atomic E-state index is 0. The fourth-order valence-electron chi connectivity index (χ4n) is 3.49. The summed E-state index contributed by atoms with van der Waals surface area (Å²) in [5.74, 6) is 1.07. The predicted octanol–water partition coefficient (Wildman–Crippen LogP) is 4.00. The van der Waals surface area contributed by atoms with Gasteiger partial charge in [0.15, 0.2) is 0 Å². The number of carbonyl (C=O) groups excluding carboxylic acids is 3. The van der Waals surface area contributed by atoms with Crippen molar-refractivity contribution in [1.29, 1.82) is 0 Å². The van der Waals surface area contributed by atoms with E-state index in [1.54, 1.807) is 40.3 Å². The topological polar surface area (TPSA) is 91.9 Å². The molecule has 2 fully saturated rings. The standard InChI is InChI=1S/C8H15NO.C7H13NO2.C7H15NO.C6H13NO2.2CH4/c1-3-4-7-5-6-9(2)8(7)10;1-10-6-5-8-4-2-3-7(8)9;1-7(2)8(3)5-6-9-4;1-7(2)6(8)4-5-9-3;;/h7H,3-6H2,1-2H3;2-6H2,1H3;1,5-6H2,2-4H3;4-5H2,1-3H3;2*1H4. The molecule has 3 amide bonds. The highest BCUT2D eigenvalue weighted by atomic mass is 16.5. The first-order valence-electron chi connectivity index (χ1n) is 13.5. The molecule has 2 aliphatic rings. The van der Waals surface area contributed by atoms with Gasteiger partial charge in [0.2, 0.25) is 17.7 Å². The van der Waals surface area contributed by atoms with Crippen molar-refractivity contribution in [3.05, 3.63) is 12.3 Å². The van der Waals surface area contributed by atoms with Crippen LogP contribution >= 0.6 is 0 Å². The van der Waals surface area contributed by atoms with E-state index < -0.39 is 0 Å². The van der Waals surface area contributed by atoms with Crippen molar-refractivity contribution in [3.63, 3.8) is 0 Å². The van der Waals surface area contributed by atoms with E-state index in [1.165, 1.54) is 0 Å². The van der Waals surface area contributed by atoms with Gasteiger partial charge in [-0.2, -0.15) is 0 Å². The smallest absolute Gasteiger partial charge is 0.225 e. The third-order valence-electron chi connectivity index (χ3n) is 6.21. The summed E-state index contributed by atoms with van der Waals surface area (Å²) in [4.78, 5) is 40.2. The van der Waals surface area contributed by atoms with E-state index in [0.717, 1.165) is 70.6 Å². The summed E-state index contributed by atoms with van der Waals surface area (Å²) >= 11 is 0. The summed E-state index contributed by atoms with van der Waals surface area (Å²) in [6, 6.07) is 0. The van der Waals surface area contributed by atoms with Crippen LogP contribution in [0.25, 0.3) is 0 Å². The maximum atomic E-state index is 11.2. The van der Waals surface area contributed by atoms with Crippen LogP contribution in [-0.2, 0) is 28.6 Å². The number of nitrogens with zero attached hydrogens (tertiary/aromatic N) is 4. The zero-order valence-corrected chi connectivity index (χ0v) is 25.7. The van der Waals surface area contributed by atoms with Crippen LogP contribution < -0.4 is 0 Å². The molecule has 2 aliphatic heterocycles. The Kier molecular flexibility index (Phi) is 31.8. The summed E-state index contributed by atoms with van der Waals surface area (Å²) in [6.45, 7) is 13.4. The number of ether oxygens (including phenoxy) is 3. The lowest BCUT2D eigenvalue weighted by molar-refractivity contribution is -0.130. The predicted molar refractivity (Wildman–Crippen MR) is 166 cm³/mol. The van der Waals surface area contributed by atoms with E-state index in [1.807, 2.05) is 30.8 Å². The second-order valence-electron chi connectivity index (χ2n) is 9.69. The number of likely N-dealkylation sites (tertiary alicyclic amines) is 2. The molecule has 0 aromatic heterocycles. The number of amides is 3. The van der Waals surface area contributed by atoms with Crippen molar-refractivity contribution in [2.45, 2.75) is 67.2 Å². The zero-order valence-electron chi connectivity index (χ0n) is 25.7. The molecule has 40 heavy (non-hydrogen) atoms. The molecule has 1 unspecified atom stereocenters. The number of likely N-dealkylation sites (N-methyl/N-ethyl adjacent to an activating group) is 1. The van der Waals surface area contributed by atoms with Gasteiger partial charge in [0, 0.05) is 93.7 Å². The van der Waals surface area contributed by atoms with E-state index in [-0.39, 0.29) is 26.7 Å². The molecular weight excluding hydrogens is 512 g/mol. The van der Waals surface area contributed by atoms with Gasteiger partial charge in [0.05, 0.1) is 26.2 Å². The van der Waals surface area contributed by atoms with Gasteiger partial charge in [-0.25, -0.2) is 0 Å². The Balaban J connectivity index is -0.000000213. The van der Waals surface area contributed by atoms with E-state index in [0.29, 0.717) is 31.5 Å². The highest BCUT2D eigenvalue weighted by molar-refractivity contribution is 5.80. The maximum absolute atomic E-state index is 11.2. The number of hydrogen-bond donors (Lipinski definition) is 0. The molecule has 0 aromatic carbocycles. The molecule has 0 saturated carbocycles. The molecule has 2 heterocycles. The number of carbonyl (C=O) groups is 3. The van der Waals surface area contributed by atoms with Gasteiger partial charge in [0.25, 0.3) is 0 Å². The van der Waals surface area contributed by atoms with Crippen molar-refractivity contribution in [2.24, 2.45) is 5.92 Å². The largest absolute Gasteiger partial charge is 0.384 e. The number of allylic oxidation sites excluding steroid dienone is 1. The fourth-order valence-corrected chi connectivity index (χ4v) is 3.49. The van der Waals surface area contributed by atoms with Gasteiger partial charge < -0.3 is 33.8 Å². The maximum Gasteiger partial charge on any atom is 0.225 e. The first kappa shape index (κ1) is 44.8. The molecule has 10 nitrogen and oxygen atoms in total. The van der Waals surface area contributed by atoms with E-state index in [4.69, 9.17) is 14.2 Å². The second-order valence-corrected chi connectivity index (χ2v) is 9.69. The third-order valence-corrected chi connectivity index (χ3v) is 6.21. The van der Waals surface area contributed by atoms with Gasteiger partial charge in [-0.3, -0.25) is 14.4 Å². The van der Waals surface area contributed by atoms with Crippen LogP contribution in [0.1, 0.15) is 67.2 Å². The first-order chi connectivity index (χ1) is 18.0. The van der Waals surface area contributed by atoms with Crippen molar-refractivity contribution < 1.29 is 28.6 Å². The normalized spacial score (nSPS) is 15.3. The monoisotopic (exact) mass is 576 g/mol. The molecule has 1 atom stereocenters. The molecule has 240 valence electrons. The average Bonchev–Trinajstić information content (AvgIpc) is 3.45. The third kappa shape index (κ3) is 22.6. The summed E-state index contributed by atoms with van der Waals surface area (Å²) in [7, 11) is 12.3. The van der Waals surface area contributed by atoms with Crippen molar-refractivity contribution >= 4 is 17.7 Å². The van der Waals surface area contributed by atoms with Crippen molar-refractivity contribution in [2.75, 3.05) is 95.5 Å². The Morgan fingerprint density at radius 3 is 1.95 bits per heavy atom. The quantitative estimate of drug-likeness (QED) is 0.347. The summed E-state index contributed by atoms with van der Waals surface area (Å²) < 4.78 is 14.5. The molecule has 0 radical (unpaired) electrons. The summed E-state index contributed by atoms with van der Waals surface area (Å²) in [5.41, 5.74) is 1.08. The summed E-state index contributed by atoms with van der Waals surface area (Å²) in [5, 5.41) is 0. The van der Waals surface area contributed by atoms with E-state index in [9.17, 15) is 14.4 Å². The highest BCUT2D eigenvalue weighted by Crippen LogP contribution is 2.20. The van der Waals surface area contributed by atoms with Gasteiger partial charge in [-0.05, 0) is 26.2 Å². The van der Waals surface area contributed by atoms with Crippen LogP contribution in [0.2, 0.25) is 0 Å². The van der Waals surface area contributed by atoms with Crippen LogP contribution in [-0.4, -0.2) is 133 Å². The zero-order chi connectivity index (χ0) is 29.5. The lowest BCUT2D eigenvalue weighted by Crippen LogP contribution is -2.28. The number of hydrogen-bond acceptors (Lipinski definition) is 7. The molecule has 2 rings (SSSR count). The average molecular weight is 577 g/mol. The molecule has 0 spiro atoms. The molecule has 0 N–H and O–H groups in total. The van der Waals surface area contributed by atoms with E-state index in [2.05, 4.69) is 18.4 Å². The Morgan fingerprint density at radius 1 is 1.00 bits per heavy atom. The number of rotatable bonds is 12. The van der Waals surface area contributed by atoms with Crippen LogP contribution in [0.5, 0.6) is 0 Å². The fraction of sp³-hybridized carbons (Fsp3) is 0.833. The van der Waals surface area contributed by atoms with Crippen molar-refractivity contribution in [1.82, 2.24) is 19.6 Å². The van der Waals surface area contributed by atoms with Crippen LogP contribution in [0, 0.1) is 5.92 Å². The SMILES string of the molecule is C.C.C=C(C)N(C)CCOC.CCCC1CCN(C)C1=O.COCCC(=O)N(C)C.COCCN1CCCC1=O. The Labute approximate surface area is 247 Å². The minimum Gasteiger partial charge on any atom is -0.384 e. The van der Waals surface area contributed by atoms with Gasteiger partial charge in [-0.15, -0.1) is 0 Å². The minimum atomic E-state index is 0. The Bertz CT molecular complexity index is 658. The molecule has 10 heteroatoms. The first-order valence-corrected chi connectivity index (χ1v) is 13.5. The molecule has 0 aliphatic carbocycles. The second kappa shape index (κ2) is 28.4. The Morgan fingerprint density at radius 2 is 1.57 bits per heavy atom. The van der Waals surface area contributed by atoms with Crippen LogP contribution in [0.3, 0.4) is 0 Å². The molecule has 2 saturated heterocycles. The summed E-state index contributed by atoms with van der Waals surface area (Å²) in [6.07, 6.45) is 5.49. The lowest BCUT2D eigenvalue weighted by atomic mass is 10.0. The van der Waals surface area contributed by atoms with Gasteiger partial charge in [0.1, 0.15) is 0 Å². The van der Waals surface area contributed by atoms with E-state index >= 15 is 0 Å². The van der Waals surface area contributed by atoms with Gasteiger partial charge >= 0.3 is 0 Å². The lowest BCUT2D eigenvalue weighted by Gasteiger charge is -2.17. The molecule has 0 aromatic rings. The Hall–Kier alpha value is -2.17. The van der Waals surface area contributed by atoms with Gasteiger partial charge in [-0.1, -0.05) is 34.8 Å². The molecular formula is C30H64N4O6. The van der Waals surface area contributed by atoms with Crippen LogP contribution in [0.4, 0.5) is 0 Å². The molecule has 0 bridgehead atoms. The highest BCUT2D eigenvalue weighted by Gasteiger charge is 2.27. The van der Waals surface area contributed by atoms with Crippen LogP contribution in [0.15, 0.2) is 12.3 Å². The number of methoxy groups -OCH3 is 3. The van der Waals surface area contributed by atoms with Crippen molar-refractivity contribution in [3.8, 4) is 0 Å².